The molecule has 2 heterocycles. The molecule has 0 radical (unpaired) electrons. The number of rotatable bonds is 5. The second-order valence-electron chi connectivity index (χ2n) is 5.85. The van der Waals surface area contributed by atoms with Crippen molar-refractivity contribution in [3.8, 4) is 0 Å². The average molecular weight is 310 g/mol. The molecule has 1 saturated heterocycles. The largest absolute Gasteiger partial charge is 0.337 e. The van der Waals surface area contributed by atoms with E-state index in [2.05, 4.69) is 34.4 Å². The van der Waals surface area contributed by atoms with E-state index in [1.54, 1.807) is 11.3 Å². The fourth-order valence-corrected chi connectivity index (χ4v) is 3.47. The molecule has 21 heavy (non-hydrogen) atoms. The first kappa shape index (κ1) is 16.2. The van der Waals surface area contributed by atoms with Gasteiger partial charge in [-0.15, -0.1) is 11.3 Å². The summed E-state index contributed by atoms with van der Waals surface area (Å²) >= 11 is 1.60. The van der Waals surface area contributed by atoms with Crippen molar-refractivity contribution in [2.75, 3.05) is 13.1 Å². The number of piperidine rings is 1. The molecule has 0 saturated carbocycles. The third-order valence-electron chi connectivity index (χ3n) is 4.08. The third-order valence-corrected chi connectivity index (χ3v) is 4.90. The zero-order valence-corrected chi connectivity index (χ0v) is 14.0. The van der Waals surface area contributed by atoms with Gasteiger partial charge in [0.2, 0.25) is 0 Å². The van der Waals surface area contributed by atoms with Gasteiger partial charge in [0.05, 0.1) is 17.2 Å². The number of nitrogens with one attached hydrogen (secondary N) is 2. The SMILES string of the molecule is Cc1nc(CNC(=O)NC[C@@H](C)N2CCCC[C@H]2C)cs1. The predicted molar refractivity (Wildman–Crippen MR) is 86.6 cm³/mol. The number of hydrogen-bond donors (Lipinski definition) is 2. The first-order chi connectivity index (χ1) is 10.1. The summed E-state index contributed by atoms with van der Waals surface area (Å²) in [5.41, 5.74) is 0.922. The van der Waals surface area contributed by atoms with Crippen LogP contribution in [-0.4, -0.2) is 41.1 Å². The lowest BCUT2D eigenvalue weighted by Gasteiger charge is -2.38. The summed E-state index contributed by atoms with van der Waals surface area (Å²) in [4.78, 5) is 18.6. The molecule has 1 aromatic heterocycles. The molecule has 0 bridgehead atoms. The minimum Gasteiger partial charge on any atom is -0.337 e. The van der Waals surface area contributed by atoms with E-state index in [-0.39, 0.29) is 6.03 Å². The highest BCUT2D eigenvalue weighted by Gasteiger charge is 2.23. The first-order valence-electron chi connectivity index (χ1n) is 7.74. The normalized spacial score (nSPS) is 21.0. The molecule has 2 amide bonds. The van der Waals surface area contributed by atoms with Gasteiger partial charge in [0, 0.05) is 24.0 Å². The number of urea groups is 1. The van der Waals surface area contributed by atoms with Crippen LogP contribution in [0.4, 0.5) is 4.79 Å². The lowest BCUT2D eigenvalue weighted by Crippen LogP contribution is -2.49. The van der Waals surface area contributed by atoms with Gasteiger partial charge in [-0.3, -0.25) is 4.90 Å². The third kappa shape index (κ3) is 4.97. The number of carbonyl (C=O) groups is 1. The maximum Gasteiger partial charge on any atom is 0.315 e. The fraction of sp³-hybridized carbons (Fsp3) is 0.733. The smallest absolute Gasteiger partial charge is 0.315 e. The Morgan fingerprint density at radius 3 is 3.00 bits per heavy atom. The molecular weight excluding hydrogens is 284 g/mol. The number of amides is 2. The topological polar surface area (TPSA) is 57.3 Å². The minimum atomic E-state index is -0.114. The van der Waals surface area contributed by atoms with Gasteiger partial charge in [-0.2, -0.15) is 0 Å². The van der Waals surface area contributed by atoms with Crippen molar-refractivity contribution in [3.05, 3.63) is 16.1 Å². The zero-order valence-electron chi connectivity index (χ0n) is 13.2. The molecule has 0 aliphatic carbocycles. The second-order valence-corrected chi connectivity index (χ2v) is 6.92. The van der Waals surface area contributed by atoms with E-state index in [1.165, 1.54) is 19.3 Å². The highest BCUT2D eigenvalue weighted by Crippen LogP contribution is 2.18. The van der Waals surface area contributed by atoms with Gasteiger partial charge in [-0.05, 0) is 40.2 Å². The van der Waals surface area contributed by atoms with Crippen LogP contribution in [0.5, 0.6) is 0 Å². The molecule has 118 valence electrons. The highest BCUT2D eigenvalue weighted by atomic mass is 32.1. The average Bonchev–Trinajstić information content (AvgIpc) is 2.89. The van der Waals surface area contributed by atoms with Crippen LogP contribution < -0.4 is 10.6 Å². The molecule has 2 N–H and O–H groups in total. The number of carbonyl (C=O) groups excluding carboxylic acids is 1. The van der Waals surface area contributed by atoms with Crippen LogP contribution in [0.3, 0.4) is 0 Å². The zero-order chi connectivity index (χ0) is 15.2. The Kier molecular flexibility index (Phi) is 5.99. The van der Waals surface area contributed by atoms with Crippen LogP contribution in [0.2, 0.25) is 0 Å². The van der Waals surface area contributed by atoms with Crippen LogP contribution in [0, 0.1) is 6.92 Å². The Morgan fingerprint density at radius 2 is 2.33 bits per heavy atom. The number of aryl methyl sites for hydroxylation is 1. The molecule has 1 aromatic rings. The Bertz CT molecular complexity index is 462. The van der Waals surface area contributed by atoms with Crippen molar-refractivity contribution in [1.82, 2.24) is 20.5 Å². The van der Waals surface area contributed by atoms with Gasteiger partial charge < -0.3 is 10.6 Å². The molecule has 2 atom stereocenters. The number of nitrogens with zero attached hydrogens (tertiary/aromatic N) is 2. The van der Waals surface area contributed by atoms with Gasteiger partial charge in [0.15, 0.2) is 0 Å². The van der Waals surface area contributed by atoms with Crippen LogP contribution in [-0.2, 0) is 6.54 Å². The van der Waals surface area contributed by atoms with E-state index in [9.17, 15) is 4.79 Å². The molecular formula is C15H26N4OS. The Hall–Kier alpha value is -1.14. The van der Waals surface area contributed by atoms with Crippen LogP contribution in [0.1, 0.15) is 43.8 Å². The van der Waals surface area contributed by atoms with E-state index < -0.39 is 0 Å². The lowest BCUT2D eigenvalue weighted by molar-refractivity contribution is 0.114. The van der Waals surface area contributed by atoms with Gasteiger partial charge in [-0.25, -0.2) is 9.78 Å². The van der Waals surface area contributed by atoms with E-state index in [0.717, 1.165) is 17.2 Å². The summed E-state index contributed by atoms with van der Waals surface area (Å²) in [7, 11) is 0. The Morgan fingerprint density at radius 1 is 1.52 bits per heavy atom. The van der Waals surface area contributed by atoms with Gasteiger partial charge in [0.1, 0.15) is 0 Å². The van der Waals surface area contributed by atoms with Crippen molar-refractivity contribution < 1.29 is 4.79 Å². The molecule has 5 nitrogen and oxygen atoms in total. The quantitative estimate of drug-likeness (QED) is 0.878. The fourth-order valence-electron chi connectivity index (χ4n) is 2.86. The Balaban J connectivity index is 1.68. The summed E-state index contributed by atoms with van der Waals surface area (Å²) in [5, 5.41) is 8.83. The van der Waals surface area contributed by atoms with Crippen molar-refractivity contribution in [1.29, 1.82) is 0 Å². The summed E-state index contributed by atoms with van der Waals surface area (Å²) in [6.45, 7) is 8.75. The van der Waals surface area contributed by atoms with Gasteiger partial charge in [-0.1, -0.05) is 6.42 Å². The van der Waals surface area contributed by atoms with Crippen LogP contribution in [0.25, 0.3) is 0 Å². The summed E-state index contributed by atoms with van der Waals surface area (Å²) in [5.74, 6) is 0. The highest BCUT2D eigenvalue weighted by molar-refractivity contribution is 7.09. The molecule has 1 aliphatic rings. The lowest BCUT2D eigenvalue weighted by atomic mass is 10.0. The van der Waals surface area contributed by atoms with E-state index in [4.69, 9.17) is 0 Å². The number of likely N-dealkylation sites (tertiary alicyclic amines) is 1. The second kappa shape index (κ2) is 7.75. The first-order valence-corrected chi connectivity index (χ1v) is 8.62. The number of hydrogen-bond acceptors (Lipinski definition) is 4. The van der Waals surface area contributed by atoms with E-state index >= 15 is 0 Å². The molecule has 1 aliphatic heterocycles. The number of aromatic nitrogens is 1. The van der Waals surface area contributed by atoms with Gasteiger partial charge >= 0.3 is 6.03 Å². The van der Waals surface area contributed by atoms with Crippen LogP contribution >= 0.6 is 11.3 Å². The molecule has 0 spiro atoms. The number of thiazole rings is 1. The molecule has 2 rings (SSSR count). The summed E-state index contributed by atoms with van der Waals surface area (Å²) < 4.78 is 0. The maximum atomic E-state index is 11.8. The molecule has 0 unspecified atom stereocenters. The van der Waals surface area contributed by atoms with Crippen molar-refractivity contribution >= 4 is 17.4 Å². The minimum absolute atomic E-state index is 0.114. The van der Waals surface area contributed by atoms with E-state index in [1.807, 2.05) is 12.3 Å². The standard InChI is InChI=1S/C15H26N4OS/c1-11-6-4-5-7-19(11)12(2)8-16-15(20)17-9-14-10-21-13(3)18-14/h10-12H,4-9H2,1-3H3,(H2,16,17,20)/t11-,12-/m1/s1. The van der Waals surface area contributed by atoms with E-state index in [0.29, 0.717) is 25.2 Å². The van der Waals surface area contributed by atoms with Crippen molar-refractivity contribution in [2.24, 2.45) is 0 Å². The molecule has 0 aromatic carbocycles. The van der Waals surface area contributed by atoms with Crippen molar-refractivity contribution in [3.63, 3.8) is 0 Å². The summed E-state index contributed by atoms with van der Waals surface area (Å²) in [6, 6.07) is 0.890. The van der Waals surface area contributed by atoms with Crippen molar-refractivity contribution in [2.45, 2.75) is 58.7 Å². The molecule has 6 heteroatoms. The van der Waals surface area contributed by atoms with Crippen LogP contribution in [0.15, 0.2) is 5.38 Å². The summed E-state index contributed by atoms with van der Waals surface area (Å²) in [6.07, 6.45) is 3.86. The maximum absolute atomic E-state index is 11.8. The predicted octanol–water partition coefficient (Wildman–Crippen LogP) is 2.51. The van der Waals surface area contributed by atoms with Gasteiger partial charge in [0.25, 0.3) is 0 Å². The Labute approximate surface area is 131 Å². The monoisotopic (exact) mass is 310 g/mol. The molecule has 1 fully saturated rings.